The molecule has 2 aromatic carbocycles. The van der Waals surface area contributed by atoms with Crippen molar-refractivity contribution < 1.29 is 14.3 Å². The van der Waals surface area contributed by atoms with Crippen LogP contribution < -0.4 is 5.32 Å². The largest absolute Gasteiger partial charge is 0.448 e. The average Bonchev–Trinajstić information content (AvgIpc) is 2.69. The first-order valence-corrected chi connectivity index (χ1v) is 8.49. The molecule has 0 radical (unpaired) electrons. The number of amides is 1. The van der Waals surface area contributed by atoms with Gasteiger partial charge < -0.3 is 10.1 Å². The normalized spacial score (nSPS) is 11.5. The predicted octanol–water partition coefficient (Wildman–Crippen LogP) is 3.64. The Morgan fingerprint density at radius 2 is 1.67 bits per heavy atom. The highest BCUT2D eigenvalue weighted by Crippen LogP contribution is 2.27. The molecule has 0 saturated carbocycles. The van der Waals surface area contributed by atoms with Gasteiger partial charge in [0.05, 0.1) is 11.9 Å². The van der Waals surface area contributed by atoms with Crippen molar-refractivity contribution in [2.24, 2.45) is 0 Å². The fourth-order valence-corrected chi connectivity index (χ4v) is 2.47. The topological polar surface area (TPSA) is 81.2 Å². The molecule has 136 valence electrons. The first kappa shape index (κ1) is 18.3. The maximum atomic E-state index is 12.5. The summed E-state index contributed by atoms with van der Waals surface area (Å²) in [6.07, 6.45) is 1.81. The summed E-state index contributed by atoms with van der Waals surface area (Å²) in [6.45, 7) is 3.28. The number of para-hydroxylation sites is 1. The molecule has 1 aromatic heterocycles. The van der Waals surface area contributed by atoms with Gasteiger partial charge in [0.1, 0.15) is 0 Å². The van der Waals surface area contributed by atoms with E-state index in [-0.39, 0.29) is 5.69 Å². The zero-order valence-electron chi connectivity index (χ0n) is 15.0. The Labute approximate surface area is 157 Å². The number of carbonyl (C=O) groups excluding carboxylic acids is 2. The third kappa shape index (κ3) is 4.55. The van der Waals surface area contributed by atoms with Crippen LogP contribution >= 0.6 is 0 Å². The van der Waals surface area contributed by atoms with Gasteiger partial charge in [-0.05, 0) is 25.5 Å². The molecule has 0 saturated heterocycles. The monoisotopic (exact) mass is 361 g/mol. The standard InChI is InChI=1S/C21H19N3O3/c1-14-12-23-19(13-22-14)21(26)27-15(2)20(25)24-18-11-7-6-10-17(18)16-8-4-3-5-9-16/h3-13,15H,1-2H3,(H,24,25)/t15-/m1/s1. The Hall–Kier alpha value is -3.54. The van der Waals surface area contributed by atoms with E-state index in [0.29, 0.717) is 11.4 Å². The summed E-state index contributed by atoms with van der Waals surface area (Å²) in [7, 11) is 0. The van der Waals surface area contributed by atoms with E-state index in [0.717, 1.165) is 11.1 Å². The minimum Gasteiger partial charge on any atom is -0.448 e. The average molecular weight is 361 g/mol. The number of aromatic nitrogens is 2. The number of esters is 1. The van der Waals surface area contributed by atoms with E-state index in [1.54, 1.807) is 13.0 Å². The van der Waals surface area contributed by atoms with Gasteiger partial charge in [-0.15, -0.1) is 0 Å². The third-order valence-electron chi connectivity index (χ3n) is 3.91. The Morgan fingerprint density at radius 3 is 2.37 bits per heavy atom. The van der Waals surface area contributed by atoms with E-state index in [9.17, 15) is 9.59 Å². The van der Waals surface area contributed by atoms with E-state index in [4.69, 9.17) is 4.74 Å². The molecule has 6 nitrogen and oxygen atoms in total. The molecule has 3 rings (SSSR count). The minimum atomic E-state index is -0.982. The molecular weight excluding hydrogens is 342 g/mol. The van der Waals surface area contributed by atoms with Gasteiger partial charge in [0.25, 0.3) is 5.91 Å². The lowest BCUT2D eigenvalue weighted by Crippen LogP contribution is -2.30. The maximum Gasteiger partial charge on any atom is 0.359 e. The van der Waals surface area contributed by atoms with Crippen molar-refractivity contribution in [3.05, 3.63) is 78.4 Å². The molecule has 3 aromatic rings. The van der Waals surface area contributed by atoms with Crippen LogP contribution in [0.25, 0.3) is 11.1 Å². The van der Waals surface area contributed by atoms with E-state index < -0.39 is 18.0 Å². The van der Waals surface area contributed by atoms with Crippen LogP contribution in [0.3, 0.4) is 0 Å². The number of ether oxygens (including phenoxy) is 1. The number of hydrogen-bond acceptors (Lipinski definition) is 5. The Balaban J connectivity index is 1.70. The highest BCUT2D eigenvalue weighted by molar-refractivity contribution is 5.99. The van der Waals surface area contributed by atoms with E-state index in [1.165, 1.54) is 19.3 Å². The van der Waals surface area contributed by atoms with Crippen LogP contribution in [-0.2, 0) is 9.53 Å². The quantitative estimate of drug-likeness (QED) is 0.702. The second-order valence-corrected chi connectivity index (χ2v) is 5.99. The summed E-state index contributed by atoms with van der Waals surface area (Å²) in [5.74, 6) is -1.12. The van der Waals surface area contributed by atoms with Crippen LogP contribution in [0.2, 0.25) is 0 Å². The van der Waals surface area contributed by atoms with Crippen LogP contribution in [0, 0.1) is 6.92 Å². The molecule has 0 unspecified atom stereocenters. The van der Waals surface area contributed by atoms with Crippen molar-refractivity contribution in [2.45, 2.75) is 20.0 Å². The predicted molar refractivity (Wildman–Crippen MR) is 102 cm³/mol. The lowest BCUT2D eigenvalue weighted by atomic mass is 10.0. The maximum absolute atomic E-state index is 12.5. The molecule has 1 amide bonds. The van der Waals surface area contributed by atoms with Crippen LogP contribution in [-0.4, -0.2) is 27.9 Å². The van der Waals surface area contributed by atoms with Crippen molar-refractivity contribution in [2.75, 3.05) is 5.32 Å². The van der Waals surface area contributed by atoms with E-state index >= 15 is 0 Å². The summed E-state index contributed by atoms with van der Waals surface area (Å²) in [5.41, 5.74) is 3.26. The molecule has 0 aliphatic rings. The number of aryl methyl sites for hydroxylation is 1. The summed E-state index contributed by atoms with van der Waals surface area (Å²) >= 11 is 0. The number of anilines is 1. The van der Waals surface area contributed by atoms with E-state index in [1.807, 2.05) is 48.5 Å². The van der Waals surface area contributed by atoms with Crippen LogP contribution in [0.5, 0.6) is 0 Å². The van der Waals surface area contributed by atoms with Crippen molar-refractivity contribution in [1.82, 2.24) is 9.97 Å². The second kappa shape index (κ2) is 8.23. The molecule has 0 bridgehead atoms. The van der Waals surface area contributed by atoms with Gasteiger partial charge in [-0.3, -0.25) is 9.78 Å². The van der Waals surface area contributed by atoms with Gasteiger partial charge in [0.2, 0.25) is 0 Å². The van der Waals surface area contributed by atoms with Crippen molar-refractivity contribution in [3.8, 4) is 11.1 Å². The van der Waals surface area contributed by atoms with Gasteiger partial charge in [-0.1, -0.05) is 48.5 Å². The zero-order chi connectivity index (χ0) is 19.2. The lowest BCUT2D eigenvalue weighted by Gasteiger charge is -2.15. The fourth-order valence-electron chi connectivity index (χ4n) is 2.47. The summed E-state index contributed by atoms with van der Waals surface area (Å²) in [6, 6.07) is 17.2. The molecule has 27 heavy (non-hydrogen) atoms. The molecule has 6 heteroatoms. The van der Waals surface area contributed by atoms with Gasteiger partial charge in [0, 0.05) is 17.4 Å². The smallest absolute Gasteiger partial charge is 0.359 e. The number of nitrogens with zero attached hydrogens (tertiary/aromatic N) is 2. The second-order valence-electron chi connectivity index (χ2n) is 5.99. The third-order valence-corrected chi connectivity index (χ3v) is 3.91. The summed E-state index contributed by atoms with van der Waals surface area (Å²) < 4.78 is 5.20. The minimum absolute atomic E-state index is 0.0601. The molecule has 0 aliphatic heterocycles. The number of hydrogen-bond donors (Lipinski definition) is 1. The molecule has 1 N–H and O–H groups in total. The molecule has 0 aliphatic carbocycles. The Kier molecular flexibility index (Phi) is 5.56. The number of rotatable bonds is 5. The van der Waals surface area contributed by atoms with Gasteiger partial charge >= 0.3 is 5.97 Å². The van der Waals surface area contributed by atoms with E-state index in [2.05, 4.69) is 15.3 Å². The summed E-state index contributed by atoms with van der Waals surface area (Å²) in [4.78, 5) is 32.6. The number of carbonyl (C=O) groups is 2. The fraction of sp³-hybridized carbons (Fsp3) is 0.143. The SMILES string of the molecule is Cc1cnc(C(=O)O[C@H](C)C(=O)Nc2ccccc2-c2ccccc2)cn1. The van der Waals surface area contributed by atoms with Crippen molar-refractivity contribution in [1.29, 1.82) is 0 Å². The van der Waals surface area contributed by atoms with Gasteiger partial charge in [-0.25, -0.2) is 9.78 Å². The number of benzene rings is 2. The van der Waals surface area contributed by atoms with Crippen LogP contribution in [0.15, 0.2) is 67.0 Å². The first-order chi connectivity index (χ1) is 13.0. The van der Waals surface area contributed by atoms with Crippen LogP contribution in [0.4, 0.5) is 5.69 Å². The van der Waals surface area contributed by atoms with Crippen molar-refractivity contribution in [3.63, 3.8) is 0 Å². The highest BCUT2D eigenvalue weighted by atomic mass is 16.5. The molecule has 0 fully saturated rings. The Bertz CT molecular complexity index is 940. The Morgan fingerprint density at radius 1 is 0.963 bits per heavy atom. The first-order valence-electron chi connectivity index (χ1n) is 8.49. The molecule has 0 spiro atoms. The summed E-state index contributed by atoms with van der Waals surface area (Å²) in [5, 5.41) is 2.82. The number of nitrogens with one attached hydrogen (secondary N) is 1. The molecular formula is C21H19N3O3. The molecule has 1 heterocycles. The highest BCUT2D eigenvalue weighted by Gasteiger charge is 2.21. The molecule has 1 atom stereocenters. The van der Waals surface area contributed by atoms with Gasteiger partial charge in [0.15, 0.2) is 11.8 Å². The van der Waals surface area contributed by atoms with Gasteiger partial charge in [-0.2, -0.15) is 0 Å². The van der Waals surface area contributed by atoms with Crippen LogP contribution in [0.1, 0.15) is 23.1 Å². The lowest BCUT2D eigenvalue weighted by molar-refractivity contribution is -0.123. The van der Waals surface area contributed by atoms with Crippen molar-refractivity contribution >= 4 is 17.6 Å². The zero-order valence-corrected chi connectivity index (χ0v) is 15.0.